The number of halogens is 2. The summed E-state index contributed by atoms with van der Waals surface area (Å²) in [7, 11) is 11.6. The standard InChI is InChI=1S/C36H27N3.2ClH.Fe/c1-24(38-35-16-8-14-30-20-26-10-4-6-12-28(26)22-33(30)35)36-18-17-31(39(36)2)23-37-34-15-7-13-29-19-25-9-3-5-11-27(25)21-32(29)34;;;/h3-23H,1-2H3;2*1H;/q;;;+2/p-2. The summed E-state index contributed by atoms with van der Waals surface area (Å²) >= 11 is 0.194. The first-order chi connectivity index (χ1) is 20.6. The van der Waals surface area contributed by atoms with Gasteiger partial charge in [-0.3, -0.25) is 9.98 Å². The molecule has 0 fully saturated rings. The Bertz CT molecular complexity index is 2130. The van der Waals surface area contributed by atoms with Crippen LogP contribution in [-0.2, 0) is 20.2 Å². The molecular weight excluding hydrogens is 601 g/mol. The van der Waals surface area contributed by atoms with Crippen LogP contribution in [-0.4, -0.2) is 16.5 Å². The van der Waals surface area contributed by atoms with Crippen LogP contribution in [0, 0.1) is 0 Å². The summed E-state index contributed by atoms with van der Waals surface area (Å²) in [5, 5.41) is 9.65. The molecule has 7 aromatic rings. The van der Waals surface area contributed by atoms with E-state index in [0.717, 1.165) is 39.2 Å². The van der Waals surface area contributed by atoms with Crippen molar-refractivity contribution in [2.75, 3.05) is 0 Å². The Hall–Kier alpha value is -3.92. The van der Waals surface area contributed by atoms with E-state index in [1.54, 1.807) is 0 Å². The predicted octanol–water partition coefficient (Wildman–Crippen LogP) is 10.9. The molecule has 0 N–H and O–H groups in total. The van der Waals surface area contributed by atoms with Crippen molar-refractivity contribution in [2.24, 2.45) is 17.0 Å². The van der Waals surface area contributed by atoms with Gasteiger partial charge in [-0.1, -0.05) is 72.8 Å². The first kappa shape index (κ1) is 28.2. The molecule has 0 aliphatic rings. The molecular formula is C36H27Cl2FeN3. The number of nitrogens with zero attached hydrogens (tertiary/aromatic N) is 3. The van der Waals surface area contributed by atoms with Crippen LogP contribution in [0.2, 0.25) is 0 Å². The molecule has 6 aromatic carbocycles. The summed E-state index contributed by atoms with van der Waals surface area (Å²) in [6, 6.07) is 42.8. The SMILES string of the molecule is CC(=Nc1cccc2cc3ccccc3cc12)c1ccc(C=Nc2cccc3cc4ccccc4cc23)n1C.[Cl][Fe][Cl]. The number of fused-ring (bicyclic) bond motifs is 4. The Kier molecular flexibility index (Phi) is 8.41. The molecule has 0 aliphatic carbocycles. The Morgan fingerprint density at radius 2 is 1.10 bits per heavy atom. The van der Waals surface area contributed by atoms with Crippen molar-refractivity contribution in [3.05, 3.63) is 133 Å². The van der Waals surface area contributed by atoms with Crippen molar-refractivity contribution < 1.29 is 13.1 Å². The topological polar surface area (TPSA) is 29.6 Å². The second-order valence-corrected chi connectivity index (χ2v) is 11.9. The number of aromatic nitrogens is 1. The maximum atomic E-state index is 5.08. The van der Waals surface area contributed by atoms with Gasteiger partial charge in [-0.05, 0) is 87.8 Å². The Labute approximate surface area is 259 Å². The molecule has 0 saturated carbocycles. The molecule has 0 bridgehead atoms. The second kappa shape index (κ2) is 12.5. The molecule has 0 radical (unpaired) electrons. The minimum atomic E-state index is 0.194. The zero-order valence-electron chi connectivity index (χ0n) is 23.1. The Morgan fingerprint density at radius 3 is 1.67 bits per heavy atom. The van der Waals surface area contributed by atoms with E-state index in [1.807, 2.05) is 6.21 Å². The number of benzene rings is 6. The van der Waals surface area contributed by atoms with E-state index in [0.29, 0.717) is 0 Å². The van der Waals surface area contributed by atoms with E-state index < -0.39 is 0 Å². The Morgan fingerprint density at radius 1 is 0.619 bits per heavy atom. The van der Waals surface area contributed by atoms with Crippen molar-refractivity contribution in [1.82, 2.24) is 4.57 Å². The predicted molar refractivity (Wildman–Crippen MR) is 179 cm³/mol. The van der Waals surface area contributed by atoms with E-state index in [9.17, 15) is 0 Å². The van der Waals surface area contributed by atoms with Crippen LogP contribution in [0.5, 0.6) is 0 Å². The summed E-state index contributed by atoms with van der Waals surface area (Å²) in [4.78, 5) is 9.99. The molecule has 6 heteroatoms. The van der Waals surface area contributed by atoms with Crippen molar-refractivity contribution in [3.63, 3.8) is 0 Å². The molecule has 7 rings (SSSR count). The van der Waals surface area contributed by atoms with Crippen LogP contribution in [0.3, 0.4) is 0 Å². The van der Waals surface area contributed by atoms with Crippen molar-refractivity contribution in [3.8, 4) is 0 Å². The van der Waals surface area contributed by atoms with E-state index in [2.05, 4.69) is 140 Å². The van der Waals surface area contributed by atoms with Gasteiger partial charge in [0, 0.05) is 17.8 Å². The van der Waals surface area contributed by atoms with Crippen molar-refractivity contribution >= 4 is 86.6 Å². The third kappa shape index (κ3) is 5.72. The summed E-state index contributed by atoms with van der Waals surface area (Å²) in [5.41, 5.74) is 5.01. The second-order valence-electron chi connectivity index (χ2n) is 10.1. The molecule has 42 heavy (non-hydrogen) atoms. The van der Waals surface area contributed by atoms with Crippen LogP contribution in [0.4, 0.5) is 11.4 Å². The van der Waals surface area contributed by atoms with Gasteiger partial charge in [0.2, 0.25) is 0 Å². The van der Waals surface area contributed by atoms with E-state index in [4.69, 9.17) is 30.2 Å². The molecule has 0 saturated heterocycles. The van der Waals surface area contributed by atoms with Gasteiger partial charge in [0.1, 0.15) is 0 Å². The third-order valence-corrected chi connectivity index (χ3v) is 7.60. The number of aliphatic imine (C=N–C) groups is 2. The van der Waals surface area contributed by atoms with E-state index in [1.165, 1.54) is 32.3 Å². The average molecular weight is 628 g/mol. The van der Waals surface area contributed by atoms with Crippen LogP contribution in [0.1, 0.15) is 18.3 Å². The summed E-state index contributed by atoms with van der Waals surface area (Å²) in [6.07, 6.45) is 1.95. The van der Waals surface area contributed by atoms with Gasteiger partial charge in [0.15, 0.2) is 0 Å². The van der Waals surface area contributed by atoms with Gasteiger partial charge >= 0.3 is 33.3 Å². The van der Waals surface area contributed by atoms with Gasteiger partial charge in [-0.15, -0.1) is 0 Å². The van der Waals surface area contributed by atoms with E-state index >= 15 is 0 Å². The molecule has 1 heterocycles. The van der Waals surface area contributed by atoms with Gasteiger partial charge in [-0.25, -0.2) is 0 Å². The summed E-state index contributed by atoms with van der Waals surface area (Å²) in [5.74, 6) is 0. The zero-order valence-corrected chi connectivity index (χ0v) is 25.7. The average Bonchev–Trinajstić information content (AvgIpc) is 3.38. The maximum absolute atomic E-state index is 5.08. The third-order valence-electron chi connectivity index (χ3n) is 7.60. The molecule has 208 valence electrons. The molecule has 0 unspecified atom stereocenters. The first-order valence-electron chi connectivity index (χ1n) is 13.5. The number of hydrogen-bond acceptors (Lipinski definition) is 2. The van der Waals surface area contributed by atoms with Gasteiger partial charge < -0.3 is 4.57 Å². The first-order valence-corrected chi connectivity index (χ1v) is 16.5. The fourth-order valence-electron chi connectivity index (χ4n) is 5.50. The normalized spacial score (nSPS) is 12.0. The van der Waals surface area contributed by atoms with Crippen molar-refractivity contribution in [1.29, 1.82) is 0 Å². The molecule has 3 nitrogen and oxygen atoms in total. The Balaban J connectivity index is 0.00000101. The molecule has 0 atom stereocenters. The van der Waals surface area contributed by atoms with E-state index in [-0.39, 0.29) is 13.1 Å². The summed E-state index contributed by atoms with van der Waals surface area (Å²) < 4.78 is 2.16. The fourth-order valence-corrected chi connectivity index (χ4v) is 5.50. The molecule has 0 aliphatic heterocycles. The van der Waals surface area contributed by atoms with Crippen LogP contribution < -0.4 is 0 Å². The molecule has 0 amide bonds. The molecule has 0 spiro atoms. The van der Waals surface area contributed by atoms with Crippen molar-refractivity contribution in [2.45, 2.75) is 6.92 Å². The molecule has 1 aromatic heterocycles. The number of rotatable bonds is 4. The van der Waals surface area contributed by atoms with Crippen LogP contribution >= 0.6 is 20.2 Å². The summed E-state index contributed by atoms with van der Waals surface area (Å²) in [6.45, 7) is 2.08. The number of hydrogen-bond donors (Lipinski definition) is 0. The van der Waals surface area contributed by atoms with Gasteiger partial charge in [0.05, 0.1) is 34.7 Å². The van der Waals surface area contributed by atoms with Crippen LogP contribution in [0.25, 0.3) is 43.1 Å². The van der Waals surface area contributed by atoms with Gasteiger partial charge in [0.25, 0.3) is 0 Å². The fraction of sp³-hybridized carbons (Fsp3) is 0.0556. The van der Waals surface area contributed by atoms with Crippen LogP contribution in [0.15, 0.2) is 131 Å². The minimum absolute atomic E-state index is 0.194. The van der Waals surface area contributed by atoms with Gasteiger partial charge in [-0.2, -0.15) is 0 Å². The zero-order chi connectivity index (χ0) is 29.1. The monoisotopic (exact) mass is 627 g/mol. The quantitative estimate of drug-likeness (QED) is 0.106.